The van der Waals surface area contributed by atoms with Gasteiger partial charge < -0.3 is 15.2 Å². The number of nitrogens with zero attached hydrogens (tertiary/aromatic N) is 2. The number of amides is 1. The molecule has 1 saturated heterocycles. The molecule has 2 N–H and O–H groups in total. The van der Waals surface area contributed by atoms with E-state index in [4.69, 9.17) is 4.98 Å². The van der Waals surface area contributed by atoms with Gasteiger partial charge in [0.05, 0.1) is 11.0 Å². The minimum Gasteiger partial charge on any atom is -0.342 e. The zero-order chi connectivity index (χ0) is 17.9. The molecule has 1 aliphatic rings. The van der Waals surface area contributed by atoms with Crippen LogP contribution in [-0.2, 0) is 11.8 Å². The van der Waals surface area contributed by atoms with Gasteiger partial charge in [-0.05, 0) is 37.1 Å². The summed E-state index contributed by atoms with van der Waals surface area (Å²) in [4.78, 5) is 17.5. The van der Waals surface area contributed by atoms with E-state index in [1.165, 1.54) is 0 Å². The van der Waals surface area contributed by atoms with E-state index in [1.807, 2.05) is 55.6 Å². The lowest BCUT2D eigenvalue weighted by Crippen LogP contribution is -2.35. The summed E-state index contributed by atoms with van der Waals surface area (Å²) in [7, 11) is 2.01. The van der Waals surface area contributed by atoms with Gasteiger partial charge in [-0.15, -0.1) is 0 Å². The average molecular weight is 348 g/mol. The SMILES string of the molecule is Cn1c(C(NC(=O)CC2CCCN2)c2ccccc2)nc2ccccc21. The molecule has 2 aromatic carbocycles. The quantitative estimate of drug-likeness (QED) is 0.745. The molecule has 26 heavy (non-hydrogen) atoms. The fourth-order valence-electron chi connectivity index (χ4n) is 3.74. The Labute approximate surface area is 153 Å². The van der Waals surface area contributed by atoms with Crippen molar-refractivity contribution in [2.24, 2.45) is 7.05 Å². The van der Waals surface area contributed by atoms with Crippen LogP contribution in [0.3, 0.4) is 0 Å². The topological polar surface area (TPSA) is 59.0 Å². The molecule has 3 aromatic rings. The molecule has 134 valence electrons. The van der Waals surface area contributed by atoms with Crippen molar-refractivity contribution in [1.82, 2.24) is 20.2 Å². The highest BCUT2D eigenvalue weighted by Gasteiger charge is 2.24. The van der Waals surface area contributed by atoms with Crippen molar-refractivity contribution in [2.75, 3.05) is 6.54 Å². The van der Waals surface area contributed by atoms with Crippen LogP contribution in [0.5, 0.6) is 0 Å². The molecule has 1 aliphatic heterocycles. The van der Waals surface area contributed by atoms with E-state index in [2.05, 4.69) is 21.3 Å². The summed E-state index contributed by atoms with van der Waals surface area (Å²) < 4.78 is 2.07. The Morgan fingerprint density at radius 1 is 1.23 bits per heavy atom. The number of aromatic nitrogens is 2. The standard InChI is InChI=1S/C21H24N4O/c1-25-18-12-6-5-11-17(18)23-21(25)20(15-8-3-2-4-9-15)24-19(26)14-16-10-7-13-22-16/h2-6,8-9,11-12,16,20,22H,7,10,13-14H2,1H3,(H,24,26). The van der Waals surface area contributed by atoms with Crippen molar-refractivity contribution >= 4 is 16.9 Å². The number of benzene rings is 2. The first-order valence-corrected chi connectivity index (χ1v) is 9.21. The average Bonchev–Trinajstić information content (AvgIpc) is 3.29. The summed E-state index contributed by atoms with van der Waals surface area (Å²) in [5, 5.41) is 6.61. The number of fused-ring (bicyclic) bond motifs is 1. The van der Waals surface area contributed by atoms with Crippen LogP contribution < -0.4 is 10.6 Å². The van der Waals surface area contributed by atoms with E-state index < -0.39 is 0 Å². The molecule has 0 spiro atoms. The van der Waals surface area contributed by atoms with Crippen LogP contribution in [0.15, 0.2) is 54.6 Å². The number of hydrogen-bond acceptors (Lipinski definition) is 3. The Morgan fingerprint density at radius 3 is 2.73 bits per heavy atom. The lowest BCUT2D eigenvalue weighted by atomic mass is 10.1. The van der Waals surface area contributed by atoms with Crippen LogP contribution in [0.25, 0.3) is 11.0 Å². The monoisotopic (exact) mass is 348 g/mol. The third-order valence-electron chi connectivity index (χ3n) is 5.11. The van der Waals surface area contributed by atoms with Crippen LogP contribution in [-0.4, -0.2) is 28.0 Å². The second kappa shape index (κ2) is 7.30. The molecule has 4 rings (SSSR count). The maximum Gasteiger partial charge on any atom is 0.222 e. The third-order valence-corrected chi connectivity index (χ3v) is 5.11. The minimum absolute atomic E-state index is 0.0605. The number of aryl methyl sites for hydroxylation is 1. The number of carbonyl (C=O) groups is 1. The van der Waals surface area contributed by atoms with Gasteiger partial charge in [-0.3, -0.25) is 4.79 Å². The lowest BCUT2D eigenvalue weighted by molar-refractivity contribution is -0.122. The number of nitrogens with one attached hydrogen (secondary N) is 2. The number of rotatable bonds is 5. The van der Waals surface area contributed by atoms with E-state index in [9.17, 15) is 4.79 Å². The van der Waals surface area contributed by atoms with Gasteiger partial charge in [-0.1, -0.05) is 42.5 Å². The Kier molecular flexibility index (Phi) is 4.71. The fraction of sp³-hybridized carbons (Fsp3) is 0.333. The molecule has 5 heteroatoms. The Bertz CT molecular complexity index is 897. The zero-order valence-corrected chi connectivity index (χ0v) is 15.0. The molecule has 5 nitrogen and oxygen atoms in total. The van der Waals surface area contributed by atoms with Crippen LogP contribution in [0.2, 0.25) is 0 Å². The third kappa shape index (κ3) is 3.35. The van der Waals surface area contributed by atoms with Crippen molar-refractivity contribution in [3.8, 4) is 0 Å². The second-order valence-electron chi connectivity index (χ2n) is 6.93. The number of carbonyl (C=O) groups excluding carboxylic acids is 1. The summed E-state index contributed by atoms with van der Waals surface area (Å²) in [6, 6.07) is 18.1. The van der Waals surface area contributed by atoms with E-state index >= 15 is 0 Å². The molecule has 2 atom stereocenters. The minimum atomic E-state index is -0.262. The predicted molar refractivity (Wildman–Crippen MR) is 103 cm³/mol. The van der Waals surface area contributed by atoms with Crippen molar-refractivity contribution in [3.05, 3.63) is 66.0 Å². The molecule has 0 saturated carbocycles. The van der Waals surface area contributed by atoms with Gasteiger partial charge in [0.2, 0.25) is 5.91 Å². The summed E-state index contributed by atoms with van der Waals surface area (Å²) >= 11 is 0. The summed E-state index contributed by atoms with van der Waals surface area (Å²) in [6.45, 7) is 1.00. The van der Waals surface area contributed by atoms with Crippen LogP contribution in [0, 0.1) is 0 Å². The van der Waals surface area contributed by atoms with Gasteiger partial charge in [0.1, 0.15) is 11.9 Å². The van der Waals surface area contributed by atoms with Crippen molar-refractivity contribution in [3.63, 3.8) is 0 Å². The molecule has 1 aromatic heterocycles. The zero-order valence-electron chi connectivity index (χ0n) is 15.0. The van der Waals surface area contributed by atoms with E-state index in [1.54, 1.807) is 0 Å². The molecular formula is C21H24N4O. The smallest absolute Gasteiger partial charge is 0.222 e. The first kappa shape index (κ1) is 16.8. The summed E-state index contributed by atoms with van der Waals surface area (Å²) in [6.07, 6.45) is 2.72. The van der Waals surface area contributed by atoms with Crippen LogP contribution in [0.1, 0.15) is 36.7 Å². The summed E-state index contributed by atoms with van der Waals surface area (Å²) in [5.41, 5.74) is 3.05. The second-order valence-corrected chi connectivity index (χ2v) is 6.93. The number of para-hydroxylation sites is 2. The Morgan fingerprint density at radius 2 is 2.00 bits per heavy atom. The molecule has 0 bridgehead atoms. The molecule has 1 fully saturated rings. The first-order chi connectivity index (χ1) is 12.7. The Hall–Kier alpha value is -2.66. The number of imidazole rings is 1. The number of hydrogen-bond donors (Lipinski definition) is 2. The maximum absolute atomic E-state index is 12.7. The molecule has 0 radical (unpaired) electrons. The van der Waals surface area contributed by atoms with E-state index in [0.29, 0.717) is 6.42 Å². The lowest BCUT2D eigenvalue weighted by Gasteiger charge is -2.20. The van der Waals surface area contributed by atoms with Crippen LogP contribution >= 0.6 is 0 Å². The highest BCUT2D eigenvalue weighted by molar-refractivity contribution is 5.79. The maximum atomic E-state index is 12.7. The van der Waals surface area contributed by atoms with Crippen LogP contribution in [0.4, 0.5) is 0 Å². The largest absolute Gasteiger partial charge is 0.342 e. The first-order valence-electron chi connectivity index (χ1n) is 9.21. The van der Waals surface area contributed by atoms with Crippen molar-refractivity contribution in [2.45, 2.75) is 31.3 Å². The molecule has 2 unspecified atom stereocenters. The molecule has 1 amide bonds. The predicted octanol–water partition coefficient (Wildman–Crippen LogP) is 2.92. The van der Waals surface area contributed by atoms with Gasteiger partial charge >= 0.3 is 0 Å². The Balaban J connectivity index is 1.66. The van der Waals surface area contributed by atoms with Gasteiger partial charge in [-0.2, -0.15) is 0 Å². The van der Waals surface area contributed by atoms with Gasteiger partial charge in [0.15, 0.2) is 0 Å². The van der Waals surface area contributed by atoms with Crippen molar-refractivity contribution in [1.29, 1.82) is 0 Å². The van der Waals surface area contributed by atoms with E-state index in [-0.39, 0.29) is 18.0 Å². The van der Waals surface area contributed by atoms with Gasteiger partial charge in [-0.25, -0.2) is 4.98 Å². The van der Waals surface area contributed by atoms with E-state index in [0.717, 1.165) is 41.8 Å². The molecule has 0 aliphatic carbocycles. The normalized spacial score (nSPS) is 18.1. The fourth-order valence-corrected chi connectivity index (χ4v) is 3.74. The van der Waals surface area contributed by atoms with Gasteiger partial charge in [0, 0.05) is 19.5 Å². The summed E-state index contributed by atoms with van der Waals surface area (Å²) in [5.74, 6) is 0.912. The van der Waals surface area contributed by atoms with Crippen molar-refractivity contribution < 1.29 is 4.79 Å². The highest BCUT2D eigenvalue weighted by atomic mass is 16.1. The molecular weight excluding hydrogens is 324 g/mol. The molecule has 2 heterocycles. The van der Waals surface area contributed by atoms with Gasteiger partial charge in [0.25, 0.3) is 0 Å². The highest BCUT2D eigenvalue weighted by Crippen LogP contribution is 2.25.